The van der Waals surface area contributed by atoms with Gasteiger partial charge in [0.25, 0.3) is 0 Å². The highest BCUT2D eigenvalue weighted by molar-refractivity contribution is 6.31. The lowest BCUT2D eigenvalue weighted by atomic mass is 10.1. The number of nitrogens with two attached hydrogens (primary N) is 1. The second-order valence-electron chi connectivity index (χ2n) is 2.59. The van der Waals surface area contributed by atoms with Crippen molar-refractivity contribution in [1.82, 2.24) is 0 Å². The topological polar surface area (TPSA) is 26.0 Å². The highest BCUT2D eigenvalue weighted by Crippen LogP contribution is 2.23. The molecular formula is C9H9ClFN. The minimum absolute atomic E-state index is 0.328. The van der Waals surface area contributed by atoms with E-state index >= 15 is 0 Å². The summed E-state index contributed by atoms with van der Waals surface area (Å²) in [5.74, 6) is -0.396. The molecule has 0 aliphatic carbocycles. The van der Waals surface area contributed by atoms with Crippen LogP contribution in [-0.4, -0.2) is 0 Å². The first-order valence-electron chi connectivity index (χ1n) is 3.42. The molecule has 1 aromatic carbocycles. The molecule has 1 nitrogen and oxygen atoms in total. The summed E-state index contributed by atoms with van der Waals surface area (Å²) in [6, 6.07) is 2.58. The standard InChI is InChI=1S/C9H9ClFN/c1-5-8(6(2)12)3-7(11)4-9(5)10/h3-4H,2,12H2,1H3. The van der Waals surface area contributed by atoms with Gasteiger partial charge in [-0.05, 0) is 24.6 Å². The maximum absolute atomic E-state index is 12.8. The van der Waals surface area contributed by atoms with E-state index in [0.717, 1.165) is 5.56 Å². The Hall–Kier alpha value is -1.02. The molecule has 1 rings (SSSR count). The van der Waals surface area contributed by atoms with E-state index in [9.17, 15) is 4.39 Å². The maximum atomic E-state index is 12.8. The quantitative estimate of drug-likeness (QED) is 0.716. The zero-order valence-corrected chi connectivity index (χ0v) is 7.45. The minimum atomic E-state index is -0.396. The van der Waals surface area contributed by atoms with Gasteiger partial charge in [0.05, 0.1) is 0 Å². The Morgan fingerprint density at radius 3 is 2.67 bits per heavy atom. The molecule has 12 heavy (non-hydrogen) atoms. The average Bonchev–Trinajstić information content (AvgIpc) is 1.96. The van der Waals surface area contributed by atoms with E-state index in [4.69, 9.17) is 17.3 Å². The molecule has 3 heteroatoms. The van der Waals surface area contributed by atoms with Gasteiger partial charge in [0, 0.05) is 16.3 Å². The minimum Gasteiger partial charge on any atom is -0.399 e. The third-order valence-corrected chi connectivity index (χ3v) is 2.05. The van der Waals surface area contributed by atoms with Gasteiger partial charge in [-0.3, -0.25) is 0 Å². The van der Waals surface area contributed by atoms with Crippen LogP contribution in [0.25, 0.3) is 5.70 Å². The molecule has 0 fully saturated rings. The average molecular weight is 186 g/mol. The van der Waals surface area contributed by atoms with E-state index in [0.29, 0.717) is 16.3 Å². The number of rotatable bonds is 1. The molecule has 0 amide bonds. The van der Waals surface area contributed by atoms with Gasteiger partial charge in [-0.2, -0.15) is 0 Å². The summed E-state index contributed by atoms with van der Waals surface area (Å²) < 4.78 is 12.8. The normalized spacial score (nSPS) is 9.92. The molecule has 0 aliphatic heterocycles. The van der Waals surface area contributed by atoms with E-state index in [1.807, 2.05) is 0 Å². The van der Waals surface area contributed by atoms with Crippen LogP contribution in [0.3, 0.4) is 0 Å². The molecule has 0 aliphatic rings. The van der Waals surface area contributed by atoms with E-state index < -0.39 is 5.82 Å². The van der Waals surface area contributed by atoms with Crippen LogP contribution >= 0.6 is 11.6 Å². The van der Waals surface area contributed by atoms with Gasteiger partial charge >= 0.3 is 0 Å². The van der Waals surface area contributed by atoms with Gasteiger partial charge < -0.3 is 5.73 Å². The summed E-state index contributed by atoms with van der Waals surface area (Å²) in [6.45, 7) is 5.29. The molecule has 0 saturated heterocycles. The molecule has 64 valence electrons. The summed E-state index contributed by atoms with van der Waals surface area (Å²) in [5.41, 5.74) is 7.08. The van der Waals surface area contributed by atoms with Crippen LogP contribution in [0, 0.1) is 12.7 Å². The molecule has 0 spiro atoms. The van der Waals surface area contributed by atoms with Crippen molar-refractivity contribution >= 4 is 17.3 Å². The summed E-state index contributed by atoms with van der Waals surface area (Å²) in [7, 11) is 0. The summed E-state index contributed by atoms with van der Waals surface area (Å²) in [6.07, 6.45) is 0. The van der Waals surface area contributed by atoms with Crippen LogP contribution in [0.15, 0.2) is 18.7 Å². The highest BCUT2D eigenvalue weighted by Gasteiger charge is 2.05. The Kier molecular flexibility index (Phi) is 2.38. The lowest BCUT2D eigenvalue weighted by molar-refractivity contribution is 0.627. The summed E-state index contributed by atoms with van der Waals surface area (Å²) in [4.78, 5) is 0. The maximum Gasteiger partial charge on any atom is 0.125 e. The lowest BCUT2D eigenvalue weighted by Gasteiger charge is -2.06. The number of benzene rings is 1. The predicted octanol–water partition coefficient (Wildman–Crippen LogP) is 2.72. The van der Waals surface area contributed by atoms with Crippen molar-refractivity contribution in [2.75, 3.05) is 0 Å². The Balaban J connectivity index is 3.37. The van der Waals surface area contributed by atoms with E-state index in [1.165, 1.54) is 12.1 Å². The fourth-order valence-electron chi connectivity index (χ4n) is 0.979. The third kappa shape index (κ3) is 1.59. The largest absolute Gasteiger partial charge is 0.399 e. The SMILES string of the molecule is C=C(N)c1cc(F)cc(Cl)c1C. The number of hydrogen-bond donors (Lipinski definition) is 1. The third-order valence-electron chi connectivity index (χ3n) is 1.66. The molecular weight excluding hydrogens is 177 g/mol. The second kappa shape index (κ2) is 3.15. The van der Waals surface area contributed by atoms with Crippen molar-refractivity contribution < 1.29 is 4.39 Å². The predicted molar refractivity (Wildman–Crippen MR) is 49.4 cm³/mol. The van der Waals surface area contributed by atoms with E-state index in [2.05, 4.69) is 6.58 Å². The van der Waals surface area contributed by atoms with Gasteiger partial charge in [-0.15, -0.1) is 0 Å². The molecule has 1 aromatic rings. The molecule has 0 unspecified atom stereocenters. The van der Waals surface area contributed by atoms with Crippen LogP contribution in [0.5, 0.6) is 0 Å². The number of halogens is 2. The Bertz CT molecular complexity index is 334. The molecule has 0 aromatic heterocycles. The van der Waals surface area contributed by atoms with Crippen LogP contribution in [0.2, 0.25) is 5.02 Å². The van der Waals surface area contributed by atoms with Gasteiger partial charge in [-0.1, -0.05) is 18.2 Å². The fraction of sp³-hybridized carbons (Fsp3) is 0.111. The summed E-state index contributed by atoms with van der Waals surface area (Å²) >= 11 is 5.73. The van der Waals surface area contributed by atoms with Gasteiger partial charge in [0.15, 0.2) is 0 Å². The van der Waals surface area contributed by atoms with Crippen molar-refractivity contribution in [3.05, 3.63) is 40.7 Å². The molecule has 0 radical (unpaired) electrons. The van der Waals surface area contributed by atoms with Crippen molar-refractivity contribution in [1.29, 1.82) is 0 Å². The Morgan fingerprint density at radius 2 is 2.17 bits per heavy atom. The van der Waals surface area contributed by atoms with Crippen LogP contribution < -0.4 is 5.73 Å². The fourth-order valence-corrected chi connectivity index (χ4v) is 1.19. The molecule has 0 atom stereocenters. The smallest absolute Gasteiger partial charge is 0.125 e. The zero-order chi connectivity index (χ0) is 9.30. The molecule has 0 heterocycles. The number of hydrogen-bond acceptors (Lipinski definition) is 1. The lowest BCUT2D eigenvalue weighted by Crippen LogP contribution is -1.98. The van der Waals surface area contributed by atoms with Crippen molar-refractivity contribution in [3.8, 4) is 0 Å². The van der Waals surface area contributed by atoms with Crippen molar-refractivity contribution in [3.63, 3.8) is 0 Å². The van der Waals surface area contributed by atoms with Crippen molar-refractivity contribution in [2.45, 2.75) is 6.92 Å². The van der Waals surface area contributed by atoms with Gasteiger partial charge in [0.2, 0.25) is 0 Å². The van der Waals surface area contributed by atoms with E-state index in [-0.39, 0.29) is 0 Å². The molecule has 2 N–H and O–H groups in total. The summed E-state index contributed by atoms with van der Waals surface area (Å²) in [5, 5.41) is 0.372. The van der Waals surface area contributed by atoms with Gasteiger partial charge in [-0.25, -0.2) is 4.39 Å². The van der Waals surface area contributed by atoms with Gasteiger partial charge in [0.1, 0.15) is 5.82 Å². The van der Waals surface area contributed by atoms with E-state index in [1.54, 1.807) is 6.92 Å². The first-order chi connectivity index (χ1) is 5.52. The van der Waals surface area contributed by atoms with Crippen LogP contribution in [0.4, 0.5) is 4.39 Å². The monoisotopic (exact) mass is 185 g/mol. The first-order valence-corrected chi connectivity index (χ1v) is 3.80. The highest BCUT2D eigenvalue weighted by atomic mass is 35.5. The van der Waals surface area contributed by atoms with Crippen LogP contribution in [0.1, 0.15) is 11.1 Å². The second-order valence-corrected chi connectivity index (χ2v) is 2.99. The van der Waals surface area contributed by atoms with Crippen molar-refractivity contribution in [2.24, 2.45) is 5.73 Å². The molecule has 0 saturated carbocycles. The Labute approximate surface area is 75.6 Å². The first kappa shape index (κ1) is 9.07. The Morgan fingerprint density at radius 1 is 1.58 bits per heavy atom. The zero-order valence-electron chi connectivity index (χ0n) is 6.70. The molecule has 0 bridgehead atoms. The van der Waals surface area contributed by atoms with Crippen LogP contribution in [-0.2, 0) is 0 Å².